The number of hydrogen-bond donors (Lipinski definition) is 5. The summed E-state index contributed by atoms with van der Waals surface area (Å²) < 4.78 is 5.78. The summed E-state index contributed by atoms with van der Waals surface area (Å²) in [6.07, 6.45) is -1.47. The van der Waals surface area contributed by atoms with E-state index in [2.05, 4.69) is 0 Å². The quantitative estimate of drug-likeness (QED) is 0.285. The van der Waals surface area contributed by atoms with Crippen LogP contribution in [0.4, 0.5) is 0 Å². The van der Waals surface area contributed by atoms with Crippen molar-refractivity contribution in [2.75, 3.05) is 14.1 Å². The molecule has 0 saturated carbocycles. The first-order chi connectivity index (χ1) is 17.2. The standard InChI is InChI=1S/C26H30N2O9/c1-6-12(30)37-22-14-10(3)13-9(2)7-8-11(29)15(13)20(31)16(14)23(33)26(36)18(22)19(28(4)5)21(32)17(24(26)34)25(27)35/h7-8,10,14,18-19,22,29,32-33,36H,6H2,1-5H3,(H2,27,35). The Labute approximate surface area is 212 Å². The Morgan fingerprint density at radius 2 is 1.78 bits per heavy atom. The van der Waals surface area contributed by atoms with Crippen molar-refractivity contribution in [1.29, 1.82) is 0 Å². The zero-order chi connectivity index (χ0) is 27.7. The summed E-state index contributed by atoms with van der Waals surface area (Å²) in [5.41, 5.74) is 2.11. The summed E-state index contributed by atoms with van der Waals surface area (Å²) in [4.78, 5) is 53.6. The van der Waals surface area contributed by atoms with Gasteiger partial charge < -0.3 is 30.9 Å². The van der Waals surface area contributed by atoms with Crippen LogP contribution in [0.25, 0.3) is 0 Å². The van der Waals surface area contributed by atoms with Crippen LogP contribution < -0.4 is 5.73 Å². The molecule has 11 nitrogen and oxygen atoms in total. The van der Waals surface area contributed by atoms with Gasteiger partial charge in [-0.15, -0.1) is 0 Å². The number of nitrogens with zero attached hydrogens (tertiary/aromatic N) is 1. The molecular weight excluding hydrogens is 484 g/mol. The van der Waals surface area contributed by atoms with Gasteiger partial charge in [0.05, 0.1) is 17.5 Å². The second kappa shape index (κ2) is 8.70. The van der Waals surface area contributed by atoms with Crippen LogP contribution in [-0.4, -0.2) is 80.6 Å². The molecule has 37 heavy (non-hydrogen) atoms. The van der Waals surface area contributed by atoms with Gasteiger partial charge in [0.1, 0.15) is 28.9 Å². The number of aliphatic hydroxyl groups excluding tert-OH is 2. The lowest BCUT2D eigenvalue weighted by Crippen LogP contribution is -2.69. The topological polar surface area (TPSA) is 188 Å². The SMILES string of the molecule is CCC(=O)OC1C2C(=C(O)C3(O)C(=O)C(C(N)=O)=C(O)C(N(C)C)C13)C(=O)c1c(O)ccc(C)c1C2C. The number of aryl methyl sites for hydroxylation is 1. The molecule has 198 valence electrons. The highest BCUT2D eigenvalue weighted by molar-refractivity contribution is 6.25. The van der Waals surface area contributed by atoms with Crippen molar-refractivity contribution >= 4 is 23.4 Å². The number of phenolic OH excluding ortho intramolecular Hbond substituents is 1. The molecule has 3 aliphatic carbocycles. The van der Waals surface area contributed by atoms with E-state index >= 15 is 0 Å². The van der Waals surface area contributed by atoms with Gasteiger partial charge in [0.2, 0.25) is 5.78 Å². The first kappa shape index (κ1) is 26.4. The van der Waals surface area contributed by atoms with Crippen LogP contribution >= 0.6 is 0 Å². The number of Topliss-reactive ketones (excluding diaryl/α,β-unsaturated/α-hetero) is 2. The molecule has 0 aromatic heterocycles. The van der Waals surface area contributed by atoms with Gasteiger partial charge in [0, 0.05) is 17.9 Å². The van der Waals surface area contributed by atoms with Crippen LogP contribution in [0.5, 0.6) is 5.75 Å². The van der Waals surface area contributed by atoms with Crippen molar-refractivity contribution in [1.82, 2.24) is 4.90 Å². The minimum absolute atomic E-state index is 0.0763. The number of ketones is 2. The summed E-state index contributed by atoms with van der Waals surface area (Å²) in [6, 6.07) is 1.64. The lowest BCUT2D eigenvalue weighted by molar-refractivity contribution is -0.180. The van der Waals surface area contributed by atoms with Crippen LogP contribution in [0, 0.1) is 18.8 Å². The number of phenols is 1. The first-order valence-corrected chi connectivity index (χ1v) is 11.9. The normalized spacial score (nSPS) is 31.2. The van der Waals surface area contributed by atoms with E-state index in [1.54, 1.807) is 19.9 Å². The van der Waals surface area contributed by atoms with E-state index in [9.17, 15) is 39.6 Å². The number of carbonyl (C=O) groups is 4. The molecular formula is C26H30N2O9. The number of amides is 1. The fourth-order valence-electron chi connectivity index (χ4n) is 6.27. The second-order valence-corrected chi connectivity index (χ2v) is 10.1. The van der Waals surface area contributed by atoms with Crippen molar-refractivity contribution in [3.63, 3.8) is 0 Å². The van der Waals surface area contributed by atoms with Crippen molar-refractivity contribution in [3.8, 4) is 5.75 Å². The molecule has 1 aromatic rings. The lowest BCUT2D eigenvalue weighted by Gasteiger charge is -2.54. The van der Waals surface area contributed by atoms with Crippen molar-refractivity contribution < 1.29 is 44.3 Å². The fourth-order valence-corrected chi connectivity index (χ4v) is 6.27. The summed E-state index contributed by atoms with van der Waals surface area (Å²) in [5.74, 6) is -9.66. The van der Waals surface area contributed by atoms with Crippen molar-refractivity contribution in [2.45, 2.75) is 50.9 Å². The van der Waals surface area contributed by atoms with Gasteiger partial charge in [-0.25, -0.2) is 0 Å². The number of nitrogens with two attached hydrogens (primary N) is 1. The van der Waals surface area contributed by atoms with Gasteiger partial charge >= 0.3 is 5.97 Å². The number of aliphatic hydroxyl groups is 3. The van der Waals surface area contributed by atoms with E-state index in [4.69, 9.17) is 10.5 Å². The summed E-state index contributed by atoms with van der Waals surface area (Å²) >= 11 is 0. The molecule has 0 radical (unpaired) electrons. The van der Waals surface area contributed by atoms with E-state index in [1.165, 1.54) is 32.0 Å². The molecule has 4 rings (SSSR count). The summed E-state index contributed by atoms with van der Waals surface area (Å²) in [7, 11) is 3.00. The highest BCUT2D eigenvalue weighted by Gasteiger charge is 2.68. The minimum Gasteiger partial charge on any atom is -0.510 e. The number of benzene rings is 1. The maximum atomic E-state index is 13.8. The molecule has 0 spiro atoms. The Hall–Kier alpha value is -3.70. The number of aromatic hydroxyl groups is 1. The smallest absolute Gasteiger partial charge is 0.305 e. The third kappa shape index (κ3) is 3.41. The molecule has 3 aliphatic rings. The minimum atomic E-state index is -2.94. The summed E-state index contributed by atoms with van der Waals surface area (Å²) in [5, 5.41) is 45.0. The Bertz CT molecular complexity index is 1310. The summed E-state index contributed by atoms with van der Waals surface area (Å²) in [6.45, 7) is 4.99. The molecule has 0 bridgehead atoms. The second-order valence-electron chi connectivity index (χ2n) is 10.1. The molecule has 0 fully saturated rings. The average molecular weight is 515 g/mol. The third-order valence-electron chi connectivity index (χ3n) is 7.86. The Kier molecular flexibility index (Phi) is 6.20. The van der Waals surface area contributed by atoms with Gasteiger partial charge in [0.25, 0.3) is 5.91 Å². The zero-order valence-corrected chi connectivity index (χ0v) is 21.1. The molecule has 6 N–H and O–H groups in total. The Balaban J connectivity index is 2.13. The van der Waals surface area contributed by atoms with Crippen molar-refractivity contribution in [3.05, 3.63) is 51.5 Å². The highest BCUT2D eigenvalue weighted by Crippen LogP contribution is 2.56. The van der Waals surface area contributed by atoms with E-state index in [0.29, 0.717) is 11.1 Å². The lowest BCUT2D eigenvalue weighted by atomic mass is 9.55. The third-order valence-corrected chi connectivity index (χ3v) is 7.86. The van der Waals surface area contributed by atoms with E-state index in [0.717, 1.165) is 0 Å². The molecule has 11 heteroatoms. The van der Waals surface area contributed by atoms with Gasteiger partial charge in [-0.3, -0.25) is 24.1 Å². The van der Waals surface area contributed by atoms with E-state index in [1.807, 2.05) is 0 Å². The average Bonchev–Trinajstić information content (AvgIpc) is 2.81. The molecule has 0 aliphatic heterocycles. The monoisotopic (exact) mass is 514 g/mol. The zero-order valence-electron chi connectivity index (χ0n) is 21.1. The van der Waals surface area contributed by atoms with E-state index in [-0.39, 0.29) is 17.7 Å². The van der Waals surface area contributed by atoms with E-state index < -0.39 is 81.6 Å². The van der Waals surface area contributed by atoms with Crippen molar-refractivity contribution in [2.24, 2.45) is 17.6 Å². The number of rotatable bonds is 4. The Morgan fingerprint density at radius 3 is 2.32 bits per heavy atom. The Morgan fingerprint density at radius 1 is 1.16 bits per heavy atom. The number of esters is 1. The van der Waals surface area contributed by atoms with Gasteiger partial charge in [-0.2, -0.15) is 0 Å². The highest BCUT2D eigenvalue weighted by atomic mass is 16.5. The van der Waals surface area contributed by atoms with Gasteiger partial charge in [-0.05, 0) is 44.1 Å². The predicted octanol–water partition coefficient (Wildman–Crippen LogP) is 0.922. The number of likely N-dealkylation sites (N-methyl/N-ethyl adjacent to an activating group) is 1. The number of fused-ring (bicyclic) bond motifs is 3. The van der Waals surface area contributed by atoms with Gasteiger partial charge in [0.15, 0.2) is 11.4 Å². The largest absolute Gasteiger partial charge is 0.510 e. The molecule has 1 aromatic carbocycles. The molecule has 0 heterocycles. The molecule has 0 saturated heterocycles. The van der Waals surface area contributed by atoms with Gasteiger partial charge in [-0.1, -0.05) is 19.9 Å². The van der Waals surface area contributed by atoms with Crippen LogP contribution in [0.1, 0.15) is 47.7 Å². The molecule has 6 atom stereocenters. The number of hydrogen-bond acceptors (Lipinski definition) is 10. The maximum Gasteiger partial charge on any atom is 0.305 e. The number of primary amides is 1. The van der Waals surface area contributed by atoms with Crippen LogP contribution in [0.15, 0.2) is 34.8 Å². The van der Waals surface area contributed by atoms with Crippen LogP contribution in [-0.2, 0) is 19.1 Å². The first-order valence-electron chi connectivity index (χ1n) is 11.9. The maximum absolute atomic E-state index is 13.8. The van der Waals surface area contributed by atoms with Crippen LogP contribution in [0.2, 0.25) is 0 Å². The predicted molar refractivity (Wildman–Crippen MR) is 129 cm³/mol. The molecule has 1 amide bonds. The molecule has 6 unspecified atom stereocenters. The van der Waals surface area contributed by atoms with Crippen LogP contribution in [0.3, 0.4) is 0 Å². The number of carbonyl (C=O) groups excluding carboxylic acids is 4. The number of ether oxygens (including phenoxy) is 1. The fraction of sp³-hybridized carbons (Fsp3) is 0.462.